The zero-order chi connectivity index (χ0) is 18.2. The van der Waals surface area contributed by atoms with Crippen LogP contribution in [0.5, 0.6) is 0 Å². The standard InChI is InChI=1S/C25H35N/c1-3-5-20-7-9-22(10-8-20)11-12-23-15-18-25(26-19-23)24-16-13-21(6-4-2)14-17-24/h13-20,22H,3-12H2,1-2H3. The van der Waals surface area contributed by atoms with Crippen molar-refractivity contribution in [2.75, 3.05) is 0 Å². The topological polar surface area (TPSA) is 12.9 Å². The Hall–Kier alpha value is -1.63. The third-order valence-corrected chi connectivity index (χ3v) is 6.12. The van der Waals surface area contributed by atoms with Crippen LogP contribution in [0.4, 0.5) is 0 Å². The van der Waals surface area contributed by atoms with Crippen molar-refractivity contribution in [3.05, 3.63) is 53.7 Å². The molecule has 26 heavy (non-hydrogen) atoms. The lowest BCUT2D eigenvalue weighted by Gasteiger charge is -2.28. The third kappa shape index (κ3) is 5.43. The van der Waals surface area contributed by atoms with Crippen molar-refractivity contribution >= 4 is 0 Å². The molecule has 1 aliphatic carbocycles. The van der Waals surface area contributed by atoms with E-state index in [4.69, 9.17) is 4.98 Å². The number of aromatic nitrogens is 1. The monoisotopic (exact) mass is 349 g/mol. The van der Waals surface area contributed by atoms with E-state index >= 15 is 0 Å². The Labute approximate surface area is 160 Å². The van der Waals surface area contributed by atoms with Gasteiger partial charge in [-0.15, -0.1) is 0 Å². The average Bonchev–Trinajstić information content (AvgIpc) is 2.69. The molecular formula is C25H35N. The summed E-state index contributed by atoms with van der Waals surface area (Å²) in [5.74, 6) is 1.95. The second-order valence-corrected chi connectivity index (χ2v) is 8.21. The smallest absolute Gasteiger partial charge is 0.0702 e. The molecule has 1 heteroatoms. The zero-order valence-corrected chi connectivity index (χ0v) is 16.7. The molecule has 0 N–H and O–H groups in total. The van der Waals surface area contributed by atoms with Gasteiger partial charge in [-0.2, -0.15) is 0 Å². The predicted octanol–water partition coefficient (Wildman–Crippen LogP) is 7.24. The van der Waals surface area contributed by atoms with Crippen molar-refractivity contribution in [3.63, 3.8) is 0 Å². The second-order valence-electron chi connectivity index (χ2n) is 8.21. The van der Waals surface area contributed by atoms with Crippen LogP contribution in [-0.2, 0) is 12.8 Å². The van der Waals surface area contributed by atoms with Crippen LogP contribution in [0, 0.1) is 11.8 Å². The minimum absolute atomic E-state index is 0.939. The highest BCUT2D eigenvalue weighted by atomic mass is 14.7. The lowest BCUT2D eigenvalue weighted by molar-refractivity contribution is 0.252. The van der Waals surface area contributed by atoms with E-state index in [1.165, 1.54) is 74.5 Å². The first-order valence-corrected chi connectivity index (χ1v) is 10.8. The average molecular weight is 350 g/mol. The summed E-state index contributed by atoms with van der Waals surface area (Å²) in [7, 11) is 0. The molecule has 1 fully saturated rings. The maximum absolute atomic E-state index is 4.72. The van der Waals surface area contributed by atoms with Crippen molar-refractivity contribution in [3.8, 4) is 11.3 Å². The van der Waals surface area contributed by atoms with E-state index in [0.29, 0.717) is 0 Å². The van der Waals surface area contributed by atoms with E-state index in [1.54, 1.807) is 0 Å². The summed E-state index contributed by atoms with van der Waals surface area (Å²) >= 11 is 0. The van der Waals surface area contributed by atoms with Crippen LogP contribution in [0.25, 0.3) is 11.3 Å². The Balaban J connectivity index is 1.49. The molecule has 0 saturated heterocycles. The molecule has 0 amide bonds. The maximum atomic E-state index is 4.72. The van der Waals surface area contributed by atoms with Gasteiger partial charge in [0.05, 0.1) is 5.69 Å². The fourth-order valence-electron chi connectivity index (χ4n) is 4.46. The van der Waals surface area contributed by atoms with Gasteiger partial charge < -0.3 is 0 Å². The van der Waals surface area contributed by atoms with Crippen LogP contribution >= 0.6 is 0 Å². The van der Waals surface area contributed by atoms with Crippen molar-refractivity contribution in [2.24, 2.45) is 11.8 Å². The van der Waals surface area contributed by atoms with E-state index in [1.807, 2.05) is 0 Å². The molecule has 1 aromatic carbocycles. The Bertz CT molecular complexity index is 633. The van der Waals surface area contributed by atoms with E-state index in [0.717, 1.165) is 24.0 Å². The first-order chi connectivity index (χ1) is 12.8. The first-order valence-electron chi connectivity index (χ1n) is 10.8. The highest BCUT2D eigenvalue weighted by Gasteiger charge is 2.20. The van der Waals surface area contributed by atoms with E-state index in [-0.39, 0.29) is 0 Å². The summed E-state index contributed by atoms with van der Waals surface area (Å²) in [6.07, 6.45) is 15.6. The van der Waals surface area contributed by atoms with Crippen molar-refractivity contribution < 1.29 is 0 Å². The van der Waals surface area contributed by atoms with Gasteiger partial charge >= 0.3 is 0 Å². The van der Waals surface area contributed by atoms with Crippen LogP contribution < -0.4 is 0 Å². The highest BCUT2D eigenvalue weighted by Crippen LogP contribution is 2.33. The molecule has 0 radical (unpaired) electrons. The summed E-state index contributed by atoms with van der Waals surface area (Å²) in [4.78, 5) is 4.72. The minimum Gasteiger partial charge on any atom is -0.256 e. The molecule has 0 unspecified atom stereocenters. The molecule has 1 aromatic heterocycles. The molecule has 1 heterocycles. The summed E-state index contributed by atoms with van der Waals surface area (Å²) in [6.45, 7) is 4.55. The molecule has 3 rings (SSSR count). The number of rotatable bonds is 8. The van der Waals surface area contributed by atoms with Gasteiger partial charge in [0.2, 0.25) is 0 Å². The van der Waals surface area contributed by atoms with Gasteiger partial charge in [0, 0.05) is 11.8 Å². The van der Waals surface area contributed by atoms with Gasteiger partial charge in [-0.1, -0.05) is 89.1 Å². The molecule has 140 valence electrons. The number of hydrogen-bond acceptors (Lipinski definition) is 1. The molecule has 1 aliphatic rings. The predicted molar refractivity (Wildman–Crippen MR) is 112 cm³/mol. The van der Waals surface area contributed by atoms with Crippen molar-refractivity contribution in [2.45, 2.75) is 78.1 Å². The van der Waals surface area contributed by atoms with E-state index in [9.17, 15) is 0 Å². The van der Waals surface area contributed by atoms with Crippen LogP contribution in [0.3, 0.4) is 0 Å². The number of aryl methyl sites for hydroxylation is 2. The Kier molecular flexibility index (Phi) is 7.29. The van der Waals surface area contributed by atoms with Gasteiger partial charge in [0.15, 0.2) is 0 Å². The molecule has 0 bridgehead atoms. The fourth-order valence-corrected chi connectivity index (χ4v) is 4.46. The molecular weight excluding hydrogens is 314 g/mol. The number of benzene rings is 1. The van der Waals surface area contributed by atoms with Crippen LogP contribution in [0.15, 0.2) is 42.6 Å². The van der Waals surface area contributed by atoms with Gasteiger partial charge in [-0.05, 0) is 48.3 Å². The summed E-state index contributed by atoms with van der Waals surface area (Å²) in [5, 5.41) is 0. The Morgan fingerprint density at radius 2 is 1.38 bits per heavy atom. The Morgan fingerprint density at radius 1 is 0.731 bits per heavy atom. The number of hydrogen-bond donors (Lipinski definition) is 0. The van der Waals surface area contributed by atoms with Gasteiger partial charge in [-0.25, -0.2) is 0 Å². The minimum atomic E-state index is 0.939. The lowest BCUT2D eigenvalue weighted by atomic mass is 9.78. The fraction of sp³-hybridized carbons (Fsp3) is 0.560. The number of nitrogens with zero attached hydrogens (tertiary/aromatic N) is 1. The lowest BCUT2D eigenvalue weighted by Crippen LogP contribution is -2.15. The van der Waals surface area contributed by atoms with Crippen LogP contribution in [0.1, 0.15) is 76.3 Å². The second kappa shape index (κ2) is 9.90. The molecule has 0 aliphatic heterocycles. The zero-order valence-electron chi connectivity index (χ0n) is 16.7. The highest BCUT2D eigenvalue weighted by molar-refractivity contribution is 5.59. The molecule has 0 atom stereocenters. The molecule has 0 spiro atoms. The SMILES string of the molecule is CCCc1ccc(-c2ccc(CCC3CCC(CCC)CC3)cn2)cc1. The van der Waals surface area contributed by atoms with E-state index in [2.05, 4.69) is 56.4 Å². The summed E-state index contributed by atoms with van der Waals surface area (Å²) in [6, 6.07) is 13.4. The number of pyridine rings is 1. The molecule has 1 saturated carbocycles. The first kappa shape index (κ1) is 19.1. The van der Waals surface area contributed by atoms with Crippen LogP contribution in [-0.4, -0.2) is 4.98 Å². The van der Waals surface area contributed by atoms with Crippen LogP contribution in [0.2, 0.25) is 0 Å². The summed E-state index contributed by atoms with van der Waals surface area (Å²) in [5.41, 5.74) is 5.14. The van der Waals surface area contributed by atoms with Gasteiger partial charge in [0.25, 0.3) is 0 Å². The normalized spacial score (nSPS) is 20.2. The summed E-state index contributed by atoms with van der Waals surface area (Å²) < 4.78 is 0. The van der Waals surface area contributed by atoms with E-state index < -0.39 is 0 Å². The van der Waals surface area contributed by atoms with Crippen molar-refractivity contribution in [1.29, 1.82) is 0 Å². The quantitative estimate of drug-likeness (QED) is 0.489. The van der Waals surface area contributed by atoms with Gasteiger partial charge in [-0.3, -0.25) is 4.98 Å². The maximum Gasteiger partial charge on any atom is 0.0702 e. The third-order valence-electron chi connectivity index (χ3n) is 6.12. The molecule has 2 aromatic rings. The van der Waals surface area contributed by atoms with Crippen molar-refractivity contribution in [1.82, 2.24) is 4.98 Å². The van der Waals surface area contributed by atoms with Gasteiger partial charge in [0.1, 0.15) is 0 Å². The molecule has 1 nitrogen and oxygen atoms in total. The Morgan fingerprint density at radius 3 is 1.96 bits per heavy atom. The largest absolute Gasteiger partial charge is 0.256 e.